The van der Waals surface area contributed by atoms with Crippen molar-refractivity contribution in [2.45, 2.75) is 11.1 Å². The molecule has 0 radical (unpaired) electrons. The second-order valence-corrected chi connectivity index (χ2v) is 7.11. The fourth-order valence-electron chi connectivity index (χ4n) is 1.62. The largest absolute Gasteiger partial charge is 0.477 e. The third-order valence-corrected chi connectivity index (χ3v) is 5.55. The number of rotatable bonds is 4. The first-order valence-electron chi connectivity index (χ1n) is 5.51. The molecule has 2 N–H and O–H groups in total. The molecule has 0 unspecified atom stereocenters. The fraction of sp³-hybridized carbons (Fsp3) is 0.0833. The highest BCUT2D eigenvalue weighted by atomic mass is 32.2. The first kappa shape index (κ1) is 15.4. The Morgan fingerprint density at radius 2 is 1.76 bits per heavy atom. The average molecular weight is 333 g/mol. The summed E-state index contributed by atoms with van der Waals surface area (Å²) in [5.74, 6) is -3.10. The van der Waals surface area contributed by atoms with Crippen LogP contribution < -0.4 is 4.72 Å². The number of nitrogens with one attached hydrogen (secondary N) is 1. The monoisotopic (exact) mass is 333 g/mol. The van der Waals surface area contributed by atoms with E-state index in [4.69, 9.17) is 5.11 Å². The first-order valence-corrected chi connectivity index (χ1v) is 7.81. The van der Waals surface area contributed by atoms with Crippen LogP contribution in [0, 0.1) is 18.6 Å². The van der Waals surface area contributed by atoms with Crippen LogP contribution in [0.1, 0.15) is 15.2 Å². The van der Waals surface area contributed by atoms with Crippen molar-refractivity contribution in [1.82, 2.24) is 0 Å². The summed E-state index contributed by atoms with van der Waals surface area (Å²) in [6.07, 6.45) is 0. The topological polar surface area (TPSA) is 83.5 Å². The lowest BCUT2D eigenvalue weighted by atomic mass is 10.3. The molecule has 1 aromatic carbocycles. The summed E-state index contributed by atoms with van der Waals surface area (Å²) in [4.78, 5) is 10.8. The Bertz CT molecular complexity index is 794. The first-order chi connectivity index (χ1) is 9.69. The van der Waals surface area contributed by atoms with Crippen LogP contribution in [-0.2, 0) is 10.0 Å². The lowest BCUT2D eigenvalue weighted by molar-refractivity contribution is 0.0701. The third kappa shape index (κ3) is 3.37. The second-order valence-electron chi connectivity index (χ2n) is 4.15. The summed E-state index contributed by atoms with van der Waals surface area (Å²) >= 11 is 0.565. The van der Waals surface area contributed by atoms with Gasteiger partial charge in [0.15, 0.2) is 0 Å². The number of halogens is 2. The van der Waals surface area contributed by atoms with Gasteiger partial charge in [0.05, 0.1) is 5.69 Å². The van der Waals surface area contributed by atoms with Crippen LogP contribution in [-0.4, -0.2) is 19.5 Å². The Hall–Kier alpha value is -2.00. The number of hydrogen-bond acceptors (Lipinski definition) is 4. The van der Waals surface area contributed by atoms with Gasteiger partial charge in [-0.2, -0.15) is 0 Å². The van der Waals surface area contributed by atoms with E-state index in [-0.39, 0.29) is 14.8 Å². The molecule has 0 spiro atoms. The molecule has 2 rings (SSSR count). The third-order valence-electron chi connectivity index (χ3n) is 2.47. The highest BCUT2D eigenvalue weighted by Crippen LogP contribution is 2.28. The molecule has 0 aliphatic rings. The van der Waals surface area contributed by atoms with E-state index in [1.54, 1.807) is 0 Å². The number of anilines is 1. The predicted molar refractivity (Wildman–Crippen MR) is 73.2 cm³/mol. The number of sulfonamides is 1. The molecule has 0 aliphatic carbocycles. The number of thiophene rings is 1. The highest BCUT2D eigenvalue weighted by molar-refractivity contribution is 7.94. The normalized spacial score (nSPS) is 11.4. The minimum absolute atomic E-state index is 0.110. The van der Waals surface area contributed by atoms with E-state index in [9.17, 15) is 22.0 Å². The van der Waals surface area contributed by atoms with Gasteiger partial charge >= 0.3 is 5.97 Å². The number of carbonyl (C=O) groups is 1. The van der Waals surface area contributed by atoms with E-state index in [0.717, 1.165) is 12.1 Å². The van der Waals surface area contributed by atoms with Crippen molar-refractivity contribution < 1.29 is 27.1 Å². The van der Waals surface area contributed by atoms with Crippen LogP contribution in [0.5, 0.6) is 0 Å². The Balaban J connectivity index is 2.38. The van der Waals surface area contributed by atoms with Crippen LogP contribution in [0.3, 0.4) is 0 Å². The molecule has 2 aromatic rings. The van der Waals surface area contributed by atoms with E-state index in [1.807, 2.05) is 4.72 Å². The summed E-state index contributed by atoms with van der Waals surface area (Å²) in [6.45, 7) is 1.46. The fourth-order valence-corrected chi connectivity index (χ4v) is 4.03. The zero-order chi connectivity index (χ0) is 15.8. The smallest absolute Gasteiger partial charge is 0.346 e. The summed E-state index contributed by atoms with van der Waals surface area (Å²) in [5.41, 5.74) is 0.00808. The lowest BCUT2D eigenvalue weighted by Crippen LogP contribution is -2.11. The summed E-state index contributed by atoms with van der Waals surface area (Å²) in [6, 6.07) is 3.43. The SMILES string of the molecule is Cc1cc(S(=O)(=O)Nc2cc(F)cc(F)c2)sc1C(=O)O. The minimum Gasteiger partial charge on any atom is -0.477 e. The van der Waals surface area contributed by atoms with E-state index in [1.165, 1.54) is 13.0 Å². The molecule has 0 atom stereocenters. The predicted octanol–water partition coefficient (Wildman–Crippen LogP) is 2.83. The van der Waals surface area contributed by atoms with Crippen molar-refractivity contribution in [2.75, 3.05) is 4.72 Å². The zero-order valence-corrected chi connectivity index (χ0v) is 12.2. The van der Waals surface area contributed by atoms with Gasteiger partial charge in [-0.25, -0.2) is 22.0 Å². The van der Waals surface area contributed by atoms with Crippen molar-refractivity contribution in [3.05, 3.63) is 46.3 Å². The van der Waals surface area contributed by atoms with Gasteiger partial charge in [-0.1, -0.05) is 0 Å². The molecule has 0 fully saturated rings. The van der Waals surface area contributed by atoms with Crippen LogP contribution >= 0.6 is 11.3 Å². The number of aryl methyl sites for hydroxylation is 1. The van der Waals surface area contributed by atoms with Crippen molar-refractivity contribution in [3.8, 4) is 0 Å². The molecule has 0 bridgehead atoms. The average Bonchev–Trinajstić information content (AvgIpc) is 2.70. The maximum atomic E-state index is 13.0. The highest BCUT2D eigenvalue weighted by Gasteiger charge is 2.22. The summed E-state index contributed by atoms with van der Waals surface area (Å²) in [7, 11) is -4.11. The van der Waals surface area contributed by atoms with E-state index in [0.29, 0.717) is 23.0 Å². The van der Waals surface area contributed by atoms with Gasteiger partial charge in [-0.3, -0.25) is 4.72 Å². The molecule has 0 amide bonds. The Morgan fingerprint density at radius 1 is 1.19 bits per heavy atom. The van der Waals surface area contributed by atoms with Crippen LogP contribution in [0.25, 0.3) is 0 Å². The molecule has 5 nitrogen and oxygen atoms in total. The standard InChI is InChI=1S/C12H9F2NO4S2/c1-6-2-10(20-11(6)12(16)17)21(18,19)15-9-4-7(13)3-8(14)5-9/h2-5,15H,1H3,(H,16,17). The number of carboxylic acids is 1. The van der Waals surface area contributed by atoms with Gasteiger partial charge in [0.2, 0.25) is 0 Å². The van der Waals surface area contributed by atoms with Crippen LogP contribution in [0.15, 0.2) is 28.5 Å². The number of aromatic carboxylic acids is 1. The van der Waals surface area contributed by atoms with E-state index in [2.05, 4.69) is 0 Å². The molecule has 9 heteroatoms. The Labute approximate surface area is 122 Å². The number of benzene rings is 1. The molecular formula is C12H9F2NO4S2. The van der Waals surface area contributed by atoms with Gasteiger partial charge in [-0.15, -0.1) is 11.3 Å². The molecular weight excluding hydrogens is 324 g/mol. The molecule has 0 saturated heterocycles. The molecule has 1 aromatic heterocycles. The van der Waals surface area contributed by atoms with Crippen molar-refractivity contribution in [3.63, 3.8) is 0 Å². The van der Waals surface area contributed by atoms with Crippen molar-refractivity contribution in [2.24, 2.45) is 0 Å². The van der Waals surface area contributed by atoms with E-state index < -0.39 is 27.6 Å². The minimum atomic E-state index is -4.11. The van der Waals surface area contributed by atoms with Gasteiger partial charge < -0.3 is 5.11 Å². The molecule has 0 saturated carbocycles. The second kappa shape index (κ2) is 5.41. The molecule has 0 aliphatic heterocycles. The quantitative estimate of drug-likeness (QED) is 0.901. The van der Waals surface area contributed by atoms with Crippen molar-refractivity contribution in [1.29, 1.82) is 0 Å². The molecule has 112 valence electrons. The lowest BCUT2D eigenvalue weighted by Gasteiger charge is -2.06. The molecule has 1 heterocycles. The van der Waals surface area contributed by atoms with Crippen LogP contribution in [0.4, 0.5) is 14.5 Å². The maximum Gasteiger partial charge on any atom is 0.346 e. The Morgan fingerprint density at radius 3 is 2.24 bits per heavy atom. The van der Waals surface area contributed by atoms with E-state index >= 15 is 0 Å². The van der Waals surface area contributed by atoms with Gasteiger partial charge in [0, 0.05) is 6.07 Å². The van der Waals surface area contributed by atoms with Gasteiger partial charge in [0.1, 0.15) is 20.7 Å². The zero-order valence-electron chi connectivity index (χ0n) is 10.6. The van der Waals surface area contributed by atoms with Gasteiger partial charge in [-0.05, 0) is 30.7 Å². The Kier molecular flexibility index (Phi) is 3.97. The van der Waals surface area contributed by atoms with Crippen molar-refractivity contribution >= 4 is 33.0 Å². The maximum absolute atomic E-state index is 13.0. The number of carboxylic acid groups (broad SMARTS) is 1. The summed E-state index contributed by atoms with van der Waals surface area (Å²) < 4.78 is 52.0. The number of hydrogen-bond donors (Lipinski definition) is 2. The summed E-state index contributed by atoms with van der Waals surface area (Å²) in [5, 5.41) is 8.90. The van der Waals surface area contributed by atoms with Crippen LogP contribution in [0.2, 0.25) is 0 Å². The molecule has 21 heavy (non-hydrogen) atoms. The van der Waals surface area contributed by atoms with Gasteiger partial charge in [0.25, 0.3) is 10.0 Å².